The van der Waals surface area contributed by atoms with Crippen LogP contribution in [-0.4, -0.2) is 36.7 Å². The molecule has 1 saturated heterocycles. The van der Waals surface area contributed by atoms with Crippen molar-refractivity contribution >= 4 is 23.0 Å². The minimum Gasteiger partial charge on any atom is -0.492 e. The predicted molar refractivity (Wildman–Crippen MR) is 85.8 cm³/mol. The minimum absolute atomic E-state index is 0.265. The van der Waals surface area contributed by atoms with Crippen LogP contribution in [-0.2, 0) is 4.74 Å². The predicted octanol–water partition coefficient (Wildman–Crippen LogP) is 1.82. The van der Waals surface area contributed by atoms with Crippen molar-refractivity contribution in [3.05, 3.63) is 29.8 Å². The number of benzene rings is 1. The van der Waals surface area contributed by atoms with Gasteiger partial charge in [-0.25, -0.2) is 0 Å². The Kier molecular flexibility index (Phi) is 4.67. The molecule has 112 valence electrons. The summed E-state index contributed by atoms with van der Waals surface area (Å²) in [6.45, 7) is 2.23. The second-order valence-electron chi connectivity index (χ2n) is 5.11. The van der Waals surface area contributed by atoms with E-state index in [1.807, 2.05) is 24.3 Å². The first kappa shape index (κ1) is 14.3. The Morgan fingerprint density at radius 2 is 2.24 bits per heavy atom. The fourth-order valence-electron chi connectivity index (χ4n) is 2.51. The first-order valence-electron chi connectivity index (χ1n) is 7.27. The lowest BCUT2D eigenvalue weighted by atomic mass is 10.0. The quantitative estimate of drug-likeness (QED) is 0.659. The molecule has 0 aliphatic carbocycles. The summed E-state index contributed by atoms with van der Waals surface area (Å²) in [7, 11) is 0. The molecule has 2 heterocycles. The molecule has 5 nitrogen and oxygen atoms in total. The third-order valence-corrected chi connectivity index (χ3v) is 3.84. The number of hydrogen-bond donors (Lipinski definition) is 2. The molecule has 0 amide bonds. The second-order valence-corrected chi connectivity index (χ2v) is 5.52. The van der Waals surface area contributed by atoms with E-state index in [-0.39, 0.29) is 6.10 Å². The van der Waals surface area contributed by atoms with E-state index in [9.17, 15) is 0 Å². The van der Waals surface area contributed by atoms with Gasteiger partial charge < -0.3 is 14.8 Å². The molecule has 2 aliphatic rings. The van der Waals surface area contributed by atoms with Gasteiger partial charge in [0.2, 0.25) is 0 Å². The summed E-state index contributed by atoms with van der Waals surface area (Å²) >= 11 is 5.24. The summed E-state index contributed by atoms with van der Waals surface area (Å²) in [5.41, 5.74) is 4.91. The number of fused-ring (bicyclic) bond motifs is 1. The molecule has 1 fully saturated rings. The van der Waals surface area contributed by atoms with Crippen LogP contribution in [0.2, 0.25) is 0 Å². The van der Waals surface area contributed by atoms with Gasteiger partial charge in [0.1, 0.15) is 5.75 Å². The number of hydrogen-bond acceptors (Lipinski definition) is 4. The van der Waals surface area contributed by atoms with E-state index in [0.717, 1.165) is 49.4 Å². The van der Waals surface area contributed by atoms with Crippen molar-refractivity contribution in [2.75, 3.05) is 19.8 Å². The Balaban J connectivity index is 1.55. The fraction of sp³-hybridized carbons (Fsp3) is 0.467. The third-order valence-electron chi connectivity index (χ3n) is 3.60. The highest BCUT2D eigenvalue weighted by atomic mass is 32.1. The second kappa shape index (κ2) is 6.87. The molecule has 6 heteroatoms. The number of ether oxygens (including phenoxy) is 2. The van der Waals surface area contributed by atoms with Crippen LogP contribution in [0.25, 0.3) is 0 Å². The van der Waals surface area contributed by atoms with E-state index in [1.165, 1.54) is 0 Å². The standard InChI is InChI=1S/C15H19N3O2S/c21-15(16-10-11-4-3-8-19-11)18-17-13-7-9-20-14-6-2-1-5-12(13)14/h1-2,5-6,11H,3-4,7-10H2,(H2,16,18,21)/t11-/m0/s1. The molecular formula is C15H19N3O2S. The van der Waals surface area contributed by atoms with Crippen LogP contribution < -0.4 is 15.5 Å². The fourth-order valence-corrected chi connectivity index (χ4v) is 2.64. The van der Waals surface area contributed by atoms with Crippen LogP contribution in [0.3, 0.4) is 0 Å². The summed E-state index contributed by atoms with van der Waals surface area (Å²) in [6, 6.07) is 7.91. The van der Waals surface area contributed by atoms with Gasteiger partial charge in [-0.2, -0.15) is 5.10 Å². The molecule has 0 unspecified atom stereocenters. The summed E-state index contributed by atoms with van der Waals surface area (Å²) in [4.78, 5) is 0. The summed E-state index contributed by atoms with van der Waals surface area (Å²) in [5.74, 6) is 0.877. The molecule has 21 heavy (non-hydrogen) atoms. The van der Waals surface area contributed by atoms with Crippen molar-refractivity contribution in [1.29, 1.82) is 0 Å². The molecule has 2 N–H and O–H groups in total. The molecule has 1 atom stereocenters. The number of rotatable bonds is 3. The Bertz CT molecular complexity index is 541. The largest absolute Gasteiger partial charge is 0.492 e. The van der Waals surface area contributed by atoms with E-state index in [2.05, 4.69) is 15.8 Å². The van der Waals surface area contributed by atoms with Crippen molar-refractivity contribution in [3.8, 4) is 5.75 Å². The lowest BCUT2D eigenvalue weighted by molar-refractivity contribution is 0.114. The monoisotopic (exact) mass is 305 g/mol. The van der Waals surface area contributed by atoms with Crippen molar-refractivity contribution in [2.24, 2.45) is 5.10 Å². The maximum Gasteiger partial charge on any atom is 0.187 e. The molecule has 0 bridgehead atoms. The lowest BCUT2D eigenvalue weighted by Gasteiger charge is -2.19. The van der Waals surface area contributed by atoms with Gasteiger partial charge in [-0.1, -0.05) is 12.1 Å². The number of para-hydroxylation sites is 1. The van der Waals surface area contributed by atoms with Crippen LogP contribution in [0.5, 0.6) is 5.75 Å². The zero-order valence-electron chi connectivity index (χ0n) is 11.8. The van der Waals surface area contributed by atoms with Gasteiger partial charge in [-0.15, -0.1) is 0 Å². The lowest BCUT2D eigenvalue weighted by Crippen LogP contribution is -2.37. The highest BCUT2D eigenvalue weighted by Crippen LogP contribution is 2.24. The van der Waals surface area contributed by atoms with E-state index in [1.54, 1.807) is 0 Å². The third kappa shape index (κ3) is 3.71. The molecule has 1 aromatic carbocycles. The summed E-state index contributed by atoms with van der Waals surface area (Å²) in [6.07, 6.45) is 3.26. The Morgan fingerprint density at radius 1 is 1.33 bits per heavy atom. The van der Waals surface area contributed by atoms with Gasteiger partial charge in [-0.3, -0.25) is 5.43 Å². The Hall–Kier alpha value is -1.66. The average Bonchev–Trinajstić information content (AvgIpc) is 3.04. The van der Waals surface area contributed by atoms with Crippen LogP contribution in [0, 0.1) is 0 Å². The van der Waals surface area contributed by atoms with Gasteiger partial charge in [0, 0.05) is 25.1 Å². The number of nitrogens with one attached hydrogen (secondary N) is 2. The normalized spacial score (nSPS) is 22.5. The van der Waals surface area contributed by atoms with Gasteiger partial charge in [0.05, 0.1) is 18.4 Å². The summed E-state index contributed by atoms with van der Waals surface area (Å²) < 4.78 is 11.1. The SMILES string of the molecule is S=C(NC[C@@H]1CCCO1)NN=C1CCOc2ccccc21. The molecule has 0 aromatic heterocycles. The Labute approximate surface area is 129 Å². The van der Waals surface area contributed by atoms with E-state index < -0.39 is 0 Å². The number of thiocarbonyl (C=S) groups is 1. The van der Waals surface area contributed by atoms with Gasteiger partial charge in [0.15, 0.2) is 5.11 Å². The van der Waals surface area contributed by atoms with E-state index in [0.29, 0.717) is 11.7 Å². The summed E-state index contributed by atoms with van der Waals surface area (Å²) in [5, 5.41) is 8.09. The van der Waals surface area contributed by atoms with Crippen molar-refractivity contribution in [2.45, 2.75) is 25.4 Å². The molecule has 0 saturated carbocycles. The molecule has 3 rings (SSSR count). The zero-order valence-corrected chi connectivity index (χ0v) is 12.6. The Morgan fingerprint density at radius 3 is 3.10 bits per heavy atom. The van der Waals surface area contributed by atoms with Gasteiger partial charge in [-0.05, 0) is 37.2 Å². The number of nitrogens with zero attached hydrogens (tertiary/aromatic N) is 1. The molecule has 0 spiro atoms. The van der Waals surface area contributed by atoms with Crippen LogP contribution in [0.1, 0.15) is 24.8 Å². The molecule has 2 aliphatic heterocycles. The molecule has 1 aromatic rings. The molecular weight excluding hydrogens is 286 g/mol. The topological polar surface area (TPSA) is 54.9 Å². The maximum absolute atomic E-state index is 5.60. The van der Waals surface area contributed by atoms with E-state index in [4.69, 9.17) is 21.7 Å². The van der Waals surface area contributed by atoms with Gasteiger partial charge >= 0.3 is 0 Å². The zero-order chi connectivity index (χ0) is 14.5. The maximum atomic E-state index is 5.60. The first-order valence-corrected chi connectivity index (χ1v) is 7.68. The van der Waals surface area contributed by atoms with Crippen LogP contribution in [0.15, 0.2) is 29.4 Å². The minimum atomic E-state index is 0.265. The highest BCUT2D eigenvalue weighted by molar-refractivity contribution is 7.80. The van der Waals surface area contributed by atoms with Gasteiger partial charge in [0.25, 0.3) is 0 Å². The first-order chi connectivity index (χ1) is 10.3. The van der Waals surface area contributed by atoms with Crippen LogP contribution >= 0.6 is 12.2 Å². The van der Waals surface area contributed by atoms with Crippen molar-refractivity contribution in [3.63, 3.8) is 0 Å². The van der Waals surface area contributed by atoms with Crippen molar-refractivity contribution < 1.29 is 9.47 Å². The van der Waals surface area contributed by atoms with Crippen molar-refractivity contribution in [1.82, 2.24) is 10.7 Å². The van der Waals surface area contributed by atoms with Crippen LogP contribution in [0.4, 0.5) is 0 Å². The number of hydrazone groups is 1. The smallest absolute Gasteiger partial charge is 0.187 e. The average molecular weight is 305 g/mol. The molecule has 0 radical (unpaired) electrons. The highest BCUT2D eigenvalue weighted by Gasteiger charge is 2.17. The van der Waals surface area contributed by atoms with E-state index >= 15 is 0 Å².